The Morgan fingerprint density at radius 3 is 2.43 bits per heavy atom. The van der Waals surface area contributed by atoms with Gasteiger partial charge in [-0.15, -0.1) is 0 Å². The zero-order valence-corrected chi connectivity index (χ0v) is 9.18. The minimum absolute atomic E-state index is 0.258. The average Bonchev–Trinajstić information content (AvgIpc) is 2.15. The van der Waals surface area contributed by atoms with E-state index < -0.39 is 9.84 Å². The number of hydrogen-bond donors (Lipinski definition) is 1. The van der Waals surface area contributed by atoms with Gasteiger partial charge in [-0.3, -0.25) is 0 Å². The zero-order chi connectivity index (χ0) is 10.8. The molecule has 0 unspecified atom stereocenters. The Morgan fingerprint density at radius 2 is 2.00 bits per heavy atom. The standard InChI is InChI=1S/C9H13NO3S/c1-10-8-5-4-7(14(3,11)12)6-9(8)13-2/h4-6,10H,1-3H3. The third kappa shape index (κ3) is 2.17. The Morgan fingerprint density at radius 1 is 1.36 bits per heavy atom. The molecule has 0 bridgehead atoms. The van der Waals surface area contributed by atoms with Gasteiger partial charge < -0.3 is 10.1 Å². The van der Waals surface area contributed by atoms with Crippen LogP contribution in [-0.4, -0.2) is 28.8 Å². The molecule has 0 saturated carbocycles. The molecular weight excluding hydrogens is 202 g/mol. The lowest BCUT2D eigenvalue weighted by Gasteiger charge is -2.08. The maximum atomic E-state index is 11.2. The third-order valence-electron chi connectivity index (χ3n) is 1.87. The van der Waals surface area contributed by atoms with Gasteiger partial charge in [0.1, 0.15) is 5.75 Å². The van der Waals surface area contributed by atoms with Crippen LogP contribution in [0.15, 0.2) is 23.1 Å². The molecule has 1 aromatic rings. The molecule has 1 rings (SSSR count). The summed E-state index contributed by atoms with van der Waals surface area (Å²) in [7, 11) is 0.0820. The van der Waals surface area contributed by atoms with Crippen LogP contribution in [0.4, 0.5) is 5.69 Å². The van der Waals surface area contributed by atoms with E-state index >= 15 is 0 Å². The average molecular weight is 215 g/mol. The van der Waals surface area contributed by atoms with E-state index in [0.29, 0.717) is 5.75 Å². The van der Waals surface area contributed by atoms with Gasteiger partial charge in [0, 0.05) is 19.4 Å². The molecule has 5 heteroatoms. The molecule has 0 heterocycles. The van der Waals surface area contributed by atoms with Crippen molar-refractivity contribution >= 4 is 15.5 Å². The van der Waals surface area contributed by atoms with E-state index in [4.69, 9.17) is 4.74 Å². The van der Waals surface area contributed by atoms with Gasteiger partial charge in [-0.1, -0.05) is 0 Å². The van der Waals surface area contributed by atoms with Gasteiger partial charge in [-0.25, -0.2) is 8.42 Å². The molecule has 1 aromatic carbocycles. The first-order valence-electron chi connectivity index (χ1n) is 4.05. The zero-order valence-electron chi connectivity index (χ0n) is 8.37. The fourth-order valence-corrected chi connectivity index (χ4v) is 1.75. The van der Waals surface area contributed by atoms with E-state index in [9.17, 15) is 8.42 Å². The van der Waals surface area contributed by atoms with E-state index in [2.05, 4.69) is 5.32 Å². The molecule has 14 heavy (non-hydrogen) atoms. The van der Waals surface area contributed by atoms with Crippen molar-refractivity contribution < 1.29 is 13.2 Å². The van der Waals surface area contributed by atoms with Crippen molar-refractivity contribution in [2.24, 2.45) is 0 Å². The van der Waals surface area contributed by atoms with Crippen molar-refractivity contribution in [2.75, 3.05) is 25.7 Å². The Hall–Kier alpha value is -1.23. The summed E-state index contributed by atoms with van der Waals surface area (Å²) in [6.45, 7) is 0. The molecule has 0 saturated heterocycles. The minimum Gasteiger partial charge on any atom is -0.495 e. The molecule has 0 fully saturated rings. The summed E-state index contributed by atoms with van der Waals surface area (Å²) < 4.78 is 27.5. The molecule has 0 spiro atoms. The highest BCUT2D eigenvalue weighted by atomic mass is 32.2. The summed E-state index contributed by atoms with van der Waals surface area (Å²) in [6.07, 6.45) is 1.17. The van der Waals surface area contributed by atoms with Crippen LogP contribution < -0.4 is 10.1 Å². The van der Waals surface area contributed by atoms with Crippen molar-refractivity contribution in [3.05, 3.63) is 18.2 Å². The van der Waals surface area contributed by atoms with Crippen LogP contribution in [0.2, 0.25) is 0 Å². The number of methoxy groups -OCH3 is 1. The summed E-state index contributed by atoms with van der Waals surface area (Å²) in [5.74, 6) is 0.524. The quantitative estimate of drug-likeness (QED) is 0.821. The van der Waals surface area contributed by atoms with Gasteiger partial charge in [-0.05, 0) is 12.1 Å². The summed E-state index contributed by atoms with van der Waals surface area (Å²) in [5, 5.41) is 2.91. The van der Waals surface area contributed by atoms with Gasteiger partial charge in [0.25, 0.3) is 0 Å². The number of hydrogen-bond acceptors (Lipinski definition) is 4. The molecule has 0 aliphatic rings. The third-order valence-corrected chi connectivity index (χ3v) is 2.98. The molecule has 0 atom stereocenters. The van der Waals surface area contributed by atoms with E-state index in [-0.39, 0.29) is 4.90 Å². The highest BCUT2D eigenvalue weighted by Gasteiger charge is 2.10. The maximum Gasteiger partial charge on any atom is 0.175 e. The first kappa shape index (κ1) is 10.8. The van der Waals surface area contributed by atoms with Crippen molar-refractivity contribution in [3.63, 3.8) is 0 Å². The summed E-state index contributed by atoms with van der Waals surface area (Å²) in [5.41, 5.74) is 0.764. The van der Waals surface area contributed by atoms with E-state index in [1.807, 2.05) is 0 Å². The summed E-state index contributed by atoms with van der Waals surface area (Å²) in [6, 6.07) is 4.72. The Bertz CT molecular complexity index is 426. The number of anilines is 1. The molecule has 0 aromatic heterocycles. The van der Waals surface area contributed by atoms with Crippen molar-refractivity contribution in [3.8, 4) is 5.75 Å². The normalized spacial score (nSPS) is 11.1. The highest BCUT2D eigenvalue weighted by Crippen LogP contribution is 2.26. The number of ether oxygens (including phenoxy) is 1. The lowest BCUT2D eigenvalue weighted by Crippen LogP contribution is -2.00. The minimum atomic E-state index is -3.17. The van der Waals surface area contributed by atoms with Crippen LogP contribution >= 0.6 is 0 Å². The molecule has 4 nitrogen and oxygen atoms in total. The largest absolute Gasteiger partial charge is 0.495 e. The van der Waals surface area contributed by atoms with Crippen molar-refractivity contribution in [1.82, 2.24) is 0 Å². The predicted octanol–water partition coefficient (Wildman–Crippen LogP) is 1.14. The Balaban J connectivity index is 3.28. The number of benzene rings is 1. The fraction of sp³-hybridized carbons (Fsp3) is 0.333. The SMILES string of the molecule is CNc1ccc(S(C)(=O)=O)cc1OC. The lowest BCUT2D eigenvalue weighted by molar-refractivity contribution is 0.415. The van der Waals surface area contributed by atoms with Crippen molar-refractivity contribution in [1.29, 1.82) is 0 Å². The van der Waals surface area contributed by atoms with Crippen LogP contribution in [-0.2, 0) is 9.84 Å². The van der Waals surface area contributed by atoms with Crippen LogP contribution in [0, 0.1) is 0 Å². The van der Waals surface area contributed by atoms with Crippen LogP contribution in [0.3, 0.4) is 0 Å². The summed E-state index contributed by atoms with van der Waals surface area (Å²) >= 11 is 0. The van der Waals surface area contributed by atoms with Crippen LogP contribution in [0.5, 0.6) is 5.75 Å². The lowest BCUT2D eigenvalue weighted by atomic mass is 10.3. The smallest absolute Gasteiger partial charge is 0.175 e. The number of rotatable bonds is 3. The Labute approximate surface area is 83.8 Å². The molecule has 0 aliphatic heterocycles. The van der Waals surface area contributed by atoms with Gasteiger partial charge in [0.2, 0.25) is 0 Å². The highest BCUT2D eigenvalue weighted by molar-refractivity contribution is 7.90. The summed E-state index contributed by atoms with van der Waals surface area (Å²) in [4.78, 5) is 0.258. The molecule has 0 amide bonds. The first-order chi connectivity index (χ1) is 6.49. The van der Waals surface area contributed by atoms with Crippen molar-refractivity contribution in [2.45, 2.75) is 4.90 Å². The molecule has 0 radical (unpaired) electrons. The molecular formula is C9H13NO3S. The number of sulfone groups is 1. The molecule has 0 aliphatic carbocycles. The fourth-order valence-electron chi connectivity index (χ4n) is 1.11. The van der Waals surface area contributed by atoms with E-state index in [1.54, 1.807) is 19.2 Å². The topological polar surface area (TPSA) is 55.4 Å². The van der Waals surface area contributed by atoms with Gasteiger partial charge >= 0.3 is 0 Å². The van der Waals surface area contributed by atoms with Crippen LogP contribution in [0.1, 0.15) is 0 Å². The predicted molar refractivity (Wildman–Crippen MR) is 55.7 cm³/mol. The van der Waals surface area contributed by atoms with Gasteiger partial charge in [0.15, 0.2) is 9.84 Å². The second-order valence-electron chi connectivity index (χ2n) is 2.88. The second-order valence-corrected chi connectivity index (χ2v) is 4.90. The van der Waals surface area contributed by atoms with E-state index in [0.717, 1.165) is 5.69 Å². The second kappa shape index (κ2) is 3.88. The van der Waals surface area contributed by atoms with Gasteiger partial charge in [-0.2, -0.15) is 0 Å². The van der Waals surface area contributed by atoms with Gasteiger partial charge in [0.05, 0.1) is 17.7 Å². The maximum absolute atomic E-state index is 11.2. The van der Waals surface area contributed by atoms with Crippen LogP contribution in [0.25, 0.3) is 0 Å². The Kier molecular flexibility index (Phi) is 3.00. The molecule has 1 N–H and O–H groups in total. The molecule has 78 valence electrons. The first-order valence-corrected chi connectivity index (χ1v) is 5.94. The monoisotopic (exact) mass is 215 g/mol. The number of nitrogens with one attached hydrogen (secondary N) is 1. The van der Waals surface area contributed by atoms with E-state index in [1.165, 1.54) is 19.4 Å².